The molecule has 0 saturated carbocycles. The summed E-state index contributed by atoms with van der Waals surface area (Å²) in [5.74, 6) is 0. The third-order valence-electron chi connectivity index (χ3n) is 0.479. The Bertz CT molecular complexity index is 300. The summed E-state index contributed by atoms with van der Waals surface area (Å²) in [4.78, 5) is 15.5. The maximum atomic E-state index is 11.3. The minimum atomic E-state index is -6.22. The van der Waals surface area contributed by atoms with Gasteiger partial charge in [0.1, 0.15) is 0 Å². The van der Waals surface area contributed by atoms with E-state index in [1.165, 1.54) is 0 Å². The Hall–Kier alpha value is 0.447. The van der Waals surface area contributed by atoms with Gasteiger partial charge in [-0.05, 0) is 0 Å². The molecular formula is CH3F3LiO6PS. The zero-order valence-corrected chi connectivity index (χ0v) is 6.73. The number of hydrogen-bond donors (Lipinski definition) is 2. The normalized spacial score (nSPS) is 13.6. The van der Waals surface area contributed by atoms with Crippen molar-refractivity contribution in [3.63, 3.8) is 0 Å². The molecule has 0 spiro atoms. The van der Waals surface area contributed by atoms with E-state index in [9.17, 15) is 26.2 Å². The van der Waals surface area contributed by atoms with Gasteiger partial charge in [-0.15, -0.1) is 0 Å². The van der Waals surface area contributed by atoms with E-state index in [1.807, 2.05) is 0 Å². The second-order valence-electron chi connectivity index (χ2n) is 1.46. The van der Waals surface area contributed by atoms with Crippen molar-refractivity contribution in [2.45, 2.75) is 5.51 Å². The van der Waals surface area contributed by atoms with E-state index in [-0.39, 0.29) is 18.9 Å². The molecule has 0 rings (SSSR count). The number of halogens is 3. The van der Waals surface area contributed by atoms with Crippen LogP contribution in [0.3, 0.4) is 0 Å². The first-order valence-electron chi connectivity index (χ1n) is 2.04. The fourth-order valence-corrected chi connectivity index (χ4v) is 1.53. The van der Waals surface area contributed by atoms with Gasteiger partial charge in [0.15, 0.2) is 0 Å². The molecule has 0 aliphatic heterocycles. The predicted molar refractivity (Wildman–Crippen MR) is 35.3 cm³/mol. The molecule has 12 heteroatoms. The van der Waals surface area contributed by atoms with Gasteiger partial charge in [0, 0.05) is 0 Å². The van der Waals surface area contributed by atoms with Crippen molar-refractivity contribution >= 4 is 36.8 Å². The van der Waals surface area contributed by atoms with E-state index in [2.05, 4.69) is 3.97 Å². The van der Waals surface area contributed by atoms with Gasteiger partial charge >= 0.3 is 42.3 Å². The number of alkyl halides is 3. The number of rotatable bonds is 2. The molecule has 0 amide bonds. The molecule has 0 radical (unpaired) electrons. The Morgan fingerprint density at radius 1 is 1.23 bits per heavy atom. The number of phosphoric acid groups is 1. The van der Waals surface area contributed by atoms with Crippen LogP contribution in [0.1, 0.15) is 0 Å². The van der Waals surface area contributed by atoms with Gasteiger partial charge in [-0.3, -0.25) is 0 Å². The summed E-state index contributed by atoms with van der Waals surface area (Å²) < 4.78 is 65.8. The van der Waals surface area contributed by atoms with E-state index >= 15 is 0 Å². The van der Waals surface area contributed by atoms with Crippen molar-refractivity contribution in [3.8, 4) is 0 Å². The second kappa shape index (κ2) is 4.31. The molecule has 0 saturated heterocycles. The van der Waals surface area contributed by atoms with Crippen LogP contribution in [0, 0.1) is 0 Å². The third-order valence-corrected chi connectivity index (χ3v) is 2.61. The van der Waals surface area contributed by atoms with Crippen LogP contribution >= 0.6 is 7.82 Å². The van der Waals surface area contributed by atoms with Crippen molar-refractivity contribution in [1.29, 1.82) is 0 Å². The van der Waals surface area contributed by atoms with Gasteiger partial charge in [-0.1, -0.05) is 0 Å². The first-order chi connectivity index (χ1) is 4.96. The van der Waals surface area contributed by atoms with Crippen LogP contribution in [-0.4, -0.2) is 42.6 Å². The fraction of sp³-hybridized carbons (Fsp3) is 1.00. The monoisotopic (exact) mass is 238 g/mol. The van der Waals surface area contributed by atoms with Crippen molar-refractivity contribution in [2.24, 2.45) is 0 Å². The maximum absolute atomic E-state index is 11.3. The molecule has 0 aliphatic rings. The van der Waals surface area contributed by atoms with E-state index < -0.39 is 23.4 Å². The molecule has 0 fully saturated rings. The Morgan fingerprint density at radius 3 is 1.62 bits per heavy atom. The quantitative estimate of drug-likeness (QED) is 0.374. The summed E-state index contributed by atoms with van der Waals surface area (Å²) in [6, 6.07) is 0. The van der Waals surface area contributed by atoms with Crippen LogP contribution in [0.2, 0.25) is 0 Å². The van der Waals surface area contributed by atoms with Crippen LogP contribution in [0.5, 0.6) is 0 Å². The zero-order valence-electron chi connectivity index (χ0n) is 5.02. The molecule has 0 aromatic rings. The van der Waals surface area contributed by atoms with Crippen molar-refractivity contribution in [1.82, 2.24) is 0 Å². The van der Waals surface area contributed by atoms with Gasteiger partial charge in [0.05, 0.1) is 0 Å². The van der Waals surface area contributed by atoms with Crippen LogP contribution < -0.4 is 0 Å². The Morgan fingerprint density at radius 2 is 1.54 bits per heavy atom. The Labute approximate surface area is 82.6 Å². The third kappa shape index (κ3) is 5.69. The summed E-state index contributed by atoms with van der Waals surface area (Å²) in [7, 11) is -11.9. The standard InChI is InChI=1S/CH2F3O6PS.Li.H/c2-1(3,4)12(8,9)10-11(5,6)7;;/h(H2,5,6,7);;. The summed E-state index contributed by atoms with van der Waals surface area (Å²) in [6.07, 6.45) is 0. The molecule has 6 nitrogen and oxygen atoms in total. The zero-order chi connectivity index (χ0) is 10.2. The minimum absolute atomic E-state index is 0. The molecule has 2 N–H and O–H groups in total. The van der Waals surface area contributed by atoms with Crippen LogP contribution in [0.15, 0.2) is 0 Å². The Balaban J connectivity index is 0. The Kier molecular flexibility index (Phi) is 5.27. The van der Waals surface area contributed by atoms with Crippen molar-refractivity contribution < 1.29 is 39.9 Å². The fourth-order valence-electron chi connectivity index (χ4n) is 0.170. The van der Waals surface area contributed by atoms with E-state index in [0.29, 0.717) is 0 Å². The van der Waals surface area contributed by atoms with Crippen molar-refractivity contribution in [3.05, 3.63) is 0 Å². The summed E-state index contributed by atoms with van der Waals surface area (Å²) >= 11 is 0. The first-order valence-corrected chi connectivity index (χ1v) is 4.97. The molecule has 0 aromatic heterocycles. The van der Waals surface area contributed by atoms with Gasteiger partial charge in [0.2, 0.25) is 0 Å². The molecule has 76 valence electrons. The molecule has 0 heterocycles. The van der Waals surface area contributed by atoms with Gasteiger partial charge in [-0.25, -0.2) is 4.57 Å². The average molecular weight is 238 g/mol. The van der Waals surface area contributed by atoms with E-state index in [0.717, 1.165) is 0 Å². The summed E-state index contributed by atoms with van der Waals surface area (Å²) in [5.41, 5.74) is -5.84. The van der Waals surface area contributed by atoms with Crippen LogP contribution in [0.25, 0.3) is 0 Å². The van der Waals surface area contributed by atoms with Crippen molar-refractivity contribution in [2.75, 3.05) is 0 Å². The van der Waals surface area contributed by atoms with Crippen LogP contribution in [-0.2, 0) is 18.7 Å². The van der Waals surface area contributed by atoms with Gasteiger partial charge in [-0.2, -0.15) is 25.6 Å². The summed E-state index contributed by atoms with van der Waals surface area (Å²) in [6.45, 7) is 0. The molecule has 0 bridgehead atoms. The van der Waals surface area contributed by atoms with Gasteiger partial charge < -0.3 is 9.79 Å². The number of hydrogen-bond acceptors (Lipinski definition) is 4. The molecule has 0 aromatic carbocycles. The second-order valence-corrected chi connectivity index (χ2v) is 4.41. The van der Waals surface area contributed by atoms with Crippen LogP contribution in [0.4, 0.5) is 13.2 Å². The van der Waals surface area contributed by atoms with Gasteiger partial charge in [0.25, 0.3) is 0 Å². The van der Waals surface area contributed by atoms with E-state index in [1.54, 1.807) is 0 Å². The van der Waals surface area contributed by atoms with E-state index in [4.69, 9.17) is 9.79 Å². The SMILES string of the molecule is O=P(O)(O)OS(=O)(=O)C(F)(F)F.[LiH]. The average Bonchev–Trinajstić information content (AvgIpc) is 1.52. The molecule has 13 heavy (non-hydrogen) atoms. The first kappa shape index (κ1) is 15.9. The molecular weight excluding hydrogens is 235 g/mol. The predicted octanol–water partition coefficient (Wildman–Crippen LogP) is -0.703. The summed E-state index contributed by atoms with van der Waals surface area (Å²) in [5, 5.41) is 0. The molecule has 0 atom stereocenters. The topological polar surface area (TPSA) is 101 Å². The molecule has 0 unspecified atom stereocenters. The molecule has 0 aliphatic carbocycles.